The summed E-state index contributed by atoms with van der Waals surface area (Å²) in [6.07, 6.45) is 0. The first-order chi connectivity index (χ1) is 13.9. The van der Waals surface area contributed by atoms with Crippen LogP contribution in [0, 0.1) is 11.6 Å². The third-order valence-electron chi connectivity index (χ3n) is 4.23. The van der Waals surface area contributed by atoms with Crippen molar-refractivity contribution in [1.29, 1.82) is 0 Å². The van der Waals surface area contributed by atoms with Gasteiger partial charge in [-0.25, -0.2) is 8.78 Å². The monoisotopic (exact) mass is 416 g/mol. The van der Waals surface area contributed by atoms with Gasteiger partial charge in [-0.1, -0.05) is 22.8 Å². The van der Waals surface area contributed by atoms with E-state index in [2.05, 4.69) is 20.3 Å². The number of nitrogens with zero attached hydrogens (tertiary/aromatic N) is 6. The van der Waals surface area contributed by atoms with Crippen LogP contribution in [0.1, 0.15) is 5.82 Å². The molecule has 10 heteroatoms. The highest BCUT2D eigenvalue weighted by atomic mass is 35.5. The summed E-state index contributed by atoms with van der Waals surface area (Å²) in [5.74, 6) is 0.224. The van der Waals surface area contributed by atoms with Gasteiger partial charge in [0.05, 0.1) is 6.54 Å². The van der Waals surface area contributed by atoms with Gasteiger partial charge in [-0.05, 0) is 30.3 Å². The Morgan fingerprint density at radius 3 is 2.55 bits per heavy atom. The highest BCUT2D eigenvalue weighted by Gasteiger charge is 2.18. The smallest absolute Gasteiger partial charge is 0.258 e. The Kier molecular flexibility index (Phi) is 4.98. The molecular weight excluding hydrogens is 402 g/mol. The summed E-state index contributed by atoms with van der Waals surface area (Å²) in [6.45, 7) is 0.285. The van der Waals surface area contributed by atoms with E-state index < -0.39 is 11.6 Å². The number of benzene rings is 2. The van der Waals surface area contributed by atoms with Gasteiger partial charge in [-0.15, -0.1) is 10.2 Å². The summed E-state index contributed by atoms with van der Waals surface area (Å²) in [6, 6.07) is 10.3. The largest absolute Gasteiger partial charge is 0.336 e. The van der Waals surface area contributed by atoms with Crippen molar-refractivity contribution in [3.8, 4) is 22.8 Å². The fourth-order valence-corrected chi connectivity index (χ4v) is 3.12. The van der Waals surface area contributed by atoms with Crippen molar-refractivity contribution in [2.75, 3.05) is 11.9 Å². The van der Waals surface area contributed by atoms with E-state index in [1.807, 2.05) is 6.07 Å². The van der Waals surface area contributed by atoms with Crippen LogP contribution in [0.15, 0.2) is 47.0 Å². The van der Waals surface area contributed by atoms with Crippen molar-refractivity contribution in [1.82, 2.24) is 24.9 Å². The molecule has 0 spiro atoms. The summed E-state index contributed by atoms with van der Waals surface area (Å²) in [4.78, 5) is 6.12. The van der Waals surface area contributed by atoms with Gasteiger partial charge in [0, 0.05) is 36.3 Å². The van der Waals surface area contributed by atoms with Gasteiger partial charge >= 0.3 is 0 Å². The zero-order valence-corrected chi connectivity index (χ0v) is 16.2. The fourth-order valence-electron chi connectivity index (χ4n) is 2.93. The topological polar surface area (TPSA) is 72.9 Å². The first kappa shape index (κ1) is 19.0. The lowest BCUT2D eigenvalue weighted by Crippen LogP contribution is -2.21. The van der Waals surface area contributed by atoms with Crippen LogP contribution in [0.25, 0.3) is 22.8 Å². The van der Waals surface area contributed by atoms with Crippen molar-refractivity contribution in [3.05, 3.63) is 64.9 Å². The second kappa shape index (κ2) is 7.59. The summed E-state index contributed by atoms with van der Waals surface area (Å²) < 4.78 is 34.0. The number of rotatable bonds is 5. The standard InChI is InChI=1S/C19H15ClF2N6O/c1-27(10-16-23-18(29-26-16)11-4-3-5-13(20)6-11)19-25-24-17(28(19)2)12-7-14(21)9-15(22)8-12/h3-9H,10H2,1-2H3. The number of anilines is 1. The lowest BCUT2D eigenvalue weighted by molar-refractivity contribution is 0.422. The maximum Gasteiger partial charge on any atom is 0.258 e. The van der Waals surface area contributed by atoms with Crippen LogP contribution in [0.4, 0.5) is 14.7 Å². The van der Waals surface area contributed by atoms with Crippen molar-refractivity contribution >= 4 is 17.5 Å². The molecule has 148 valence electrons. The molecule has 0 saturated carbocycles. The van der Waals surface area contributed by atoms with Gasteiger partial charge in [-0.3, -0.25) is 4.57 Å². The third kappa shape index (κ3) is 3.95. The molecule has 0 aliphatic heterocycles. The molecule has 4 rings (SSSR count). The predicted octanol–water partition coefficient (Wildman–Crippen LogP) is 4.10. The molecule has 4 aromatic rings. The first-order valence-electron chi connectivity index (χ1n) is 8.56. The molecule has 0 atom stereocenters. The molecule has 29 heavy (non-hydrogen) atoms. The van der Waals surface area contributed by atoms with Gasteiger partial charge in [0.15, 0.2) is 11.6 Å². The fraction of sp³-hybridized carbons (Fsp3) is 0.158. The van der Waals surface area contributed by atoms with Crippen LogP contribution in [0.5, 0.6) is 0 Å². The Morgan fingerprint density at radius 2 is 1.83 bits per heavy atom. The summed E-state index contributed by atoms with van der Waals surface area (Å²) in [5, 5.41) is 12.7. The van der Waals surface area contributed by atoms with E-state index >= 15 is 0 Å². The SMILES string of the molecule is CN(Cc1noc(-c2cccc(Cl)c2)n1)c1nnc(-c2cc(F)cc(F)c2)n1C. The second-order valence-electron chi connectivity index (χ2n) is 6.42. The third-order valence-corrected chi connectivity index (χ3v) is 4.47. The zero-order chi connectivity index (χ0) is 20.5. The molecule has 2 aromatic heterocycles. The maximum atomic E-state index is 13.5. The minimum absolute atomic E-state index is 0.285. The Hall–Kier alpha value is -3.33. The molecule has 0 radical (unpaired) electrons. The van der Waals surface area contributed by atoms with Crippen LogP contribution in [-0.2, 0) is 13.6 Å². The van der Waals surface area contributed by atoms with Crippen molar-refractivity contribution < 1.29 is 13.3 Å². The highest BCUT2D eigenvalue weighted by Crippen LogP contribution is 2.24. The number of aromatic nitrogens is 5. The summed E-state index contributed by atoms with van der Waals surface area (Å²) >= 11 is 5.99. The zero-order valence-electron chi connectivity index (χ0n) is 15.5. The molecule has 0 aliphatic carbocycles. The molecule has 0 N–H and O–H groups in total. The normalized spacial score (nSPS) is 11.1. The van der Waals surface area contributed by atoms with Crippen molar-refractivity contribution in [2.24, 2.45) is 7.05 Å². The van der Waals surface area contributed by atoms with E-state index in [0.29, 0.717) is 39.6 Å². The van der Waals surface area contributed by atoms with E-state index in [9.17, 15) is 8.78 Å². The summed E-state index contributed by atoms with van der Waals surface area (Å²) in [5.41, 5.74) is 1.01. The predicted molar refractivity (Wildman–Crippen MR) is 103 cm³/mol. The lowest BCUT2D eigenvalue weighted by Gasteiger charge is -2.15. The van der Waals surface area contributed by atoms with Crippen molar-refractivity contribution in [3.63, 3.8) is 0 Å². The maximum absolute atomic E-state index is 13.5. The van der Waals surface area contributed by atoms with E-state index in [-0.39, 0.29) is 6.54 Å². The van der Waals surface area contributed by atoms with E-state index in [0.717, 1.165) is 6.07 Å². The van der Waals surface area contributed by atoms with Crippen molar-refractivity contribution in [2.45, 2.75) is 6.54 Å². The number of halogens is 3. The Balaban J connectivity index is 1.55. The average molecular weight is 417 g/mol. The molecule has 2 heterocycles. The minimum atomic E-state index is -0.682. The van der Waals surface area contributed by atoms with Crippen LogP contribution < -0.4 is 4.90 Å². The van der Waals surface area contributed by atoms with E-state index in [1.54, 1.807) is 41.8 Å². The first-order valence-corrected chi connectivity index (χ1v) is 8.94. The minimum Gasteiger partial charge on any atom is -0.336 e. The van der Waals surface area contributed by atoms with Crippen LogP contribution in [-0.4, -0.2) is 32.0 Å². The lowest BCUT2D eigenvalue weighted by atomic mass is 10.2. The van der Waals surface area contributed by atoms with Crippen LogP contribution >= 0.6 is 11.6 Å². The molecule has 0 unspecified atom stereocenters. The van der Waals surface area contributed by atoms with Crippen LogP contribution in [0.3, 0.4) is 0 Å². The van der Waals surface area contributed by atoms with Gasteiger partial charge in [0.2, 0.25) is 5.95 Å². The quantitative estimate of drug-likeness (QED) is 0.487. The molecule has 0 saturated heterocycles. The molecule has 0 fully saturated rings. The highest BCUT2D eigenvalue weighted by molar-refractivity contribution is 6.30. The Labute approximate surface area is 169 Å². The second-order valence-corrected chi connectivity index (χ2v) is 6.86. The van der Waals surface area contributed by atoms with Gasteiger partial charge < -0.3 is 9.42 Å². The van der Waals surface area contributed by atoms with E-state index in [1.165, 1.54) is 12.1 Å². The Morgan fingerprint density at radius 1 is 1.07 bits per heavy atom. The van der Waals surface area contributed by atoms with Crippen LogP contribution in [0.2, 0.25) is 5.02 Å². The van der Waals surface area contributed by atoms with E-state index in [4.69, 9.17) is 16.1 Å². The number of hydrogen-bond donors (Lipinski definition) is 0. The molecule has 0 aliphatic rings. The molecule has 0 bridgehead atoms. The molecule has 7 nitrogen and oxygen atoms in total. The Bertz CT molecular complexity index is 1150. The average Bonchev–Trinajstić information content (AvgIpc) is 3.27. The molecule has 2 aromatic carbocycles. The molecular formula is C19H15ClF2N6O. The summed E-state index contributed by atoms with van der Waals surface area (Å²) in [7, 11) is 3.48. The van der Waals surface area contributed by atoms with Gasteiger partial charge in [-0.2, -0.15) is 4.98 Å². The number of hydrogen-bond acceptors (Lipinski definition) is 6. The van der Waals surface area contributed by atoms with Gasteiger partial charge in [0.1, 0.15) is 11.6 Å². The molecule has 0 amide bonds. The van der Waals surface area contributed by atoms with Gasteiger partial charge in [0.25, 0.3) is 5.89 Å².